The summed E-state index contributed by atoms with van der Waals surface area (Å²) in [7, 11) is 0. The lowest BCUT2D eigenvalue weighted by molar-refractivity contribution is -0.115. The molecular formula is C15H9NO5S2. The van der Waals surface area contributed by atoms with Crippen molar-refractivity contribution in [2.24, 2.45) is 0 Å². The number of carbonyl (C=O) groups excluding carboxylic acids is 1. The summed E-state index contributed by atoms with van der Waals surface area (Å²) in [6, 6.07) is 7.46. The van der Waals surface area contributed by atoms with Crippen molar-refractivity contribution >= 4 is 46.3 Å². The van der Waals surface area contributed by atoms with Crippen LogP contribution in [0.3, 0.4) is 0 Å². The fraction of sp³-hybridized carbons (Fsp3) is 0. The van der Waals surface area contributed by atoms with Gasteiger partial charge in [-0.15, -0.1) is 0 Å². The maximum atomic E-state index is 11.6. The van der Waals surface area contributed by atoms with Gasteiger partial charge in [0.05, 0.1) is 4.91 Å². The molecule has 2 aromatic rings. The van der Waals surface area contributed by atoms with E-state index in [4.69, 9.17) is 21.7 Å². The molecule has 0 spiro atoms. The van der Waals surface area contributed by atoms with Crippen molar-refractivity contribution < 1.29 is 24.2 Å². The Bertz CT molecular complexity index is 869. The zero-order valence-electron chi connectivity index (χ0n) is 11.4. The number of hydrogen-bond acceptors (Lipinski definition) is 6. The topological polar surface area (TPSA) is 99.8 Å². The number of carboxylic acids is 1. The quantitative estimate of drug-likeness (QED) is 0.580. The summed E-state index contributed by atoms with van der Waals surface area (Å²) in [5, 5.41) is 21.1. The molecule has 23 heavy (non-hydrogen) atoms. The number of carbonyl (C=O) groups is 2. The van der Waals surface area contributed by atoms with Gasteiger partial charge in [-0.25, -0.2) is 4.79 Å². The summed E-state index contributed by atoms with van der Waals surface area (Å²) in [5.74, 6) is -0.971. The van der Waals surface area contributed by atoms with Crippen molar-refractivity contribution in [1.29, 1.82) is 0 Å². The molecule has 0 radical (unpaired) electrons. The number of amides is 1. The van der Waals surface area contributed by atoms with Crippen molar-refractivity contribution in [3.8, 4) is 17.1 Å². The van der Waals surface area contributed by atoms with Gasteiger partial charge in [-0.05, 0) is 30.3 Å². The molecule has 6 nitrogen and oxygen atoms in total. The van der Waals surface area contributed by atoms with Gasteiger partial charge in [0.15, 0.2) is 0 Å². The Balaban J connectivity index is 1.92. The Morgan fingerprint density at radius 2 is 2.09 bits per heavy atom. The molecule has 1 saturated heterocycles. The number of carboxylic acid groups (broad SMARTS) is 1. The lowest BCUT2D eigenvalue weighted by Crippen LogP contribution is -2.17. The summed E-state index contributed by atoms with van der Waals surface area (Å²) in [6.45, 7) is 0. The number of thiocarbonyl (C=S) groups is 1. The maximum Gasteiger partial charge on any atom is 0.339 e. The molecule has 0 bridgehead atoms. The Morgan fingerprint density at radius 3 is 2.74 bits per heavy atom. The normalized spacial score (nSPS) is 15.9. The van der Waals surface area contributed by atoms with Gasteiger partial charge >= 0.3 is 5.97 Å². The standard InChI is InChI=1S/C15H9NO5S2/c17-10-3-1-7(5-9(10)14(19)20)11-4-2-8(21-11)6-12-13(18)16-15(22)23-12/h1-6,17H,(H,19,20)(H,16,18,22). The molecule has 0 atom stereocenters. The Labute approximate surface area is 139 Å². The number of aromatic carboxylic acids is 1. The highest BCUT2D eigenvalue weighted by atomic mass is 32.2. The first kappa shape index (κ1) is 15.3. The number of thioether (sulfide) groups is 1. The Kier molecular flexibility index (Phi) is 3.93. The van der Waals surface area contributed by atoms with E-state index in [1.165, 1.54) is 12.1 Å². The van der Waals surface area contributed by atoms with Crippen LogP contribution in [-0.2, 0) is 4.79 Å². The van der Waals surface area contributed by atoms with Crippen LogP contribution < -0.4 is 5.32 Å². The number of nitrogens with one attached hydrogen (secondary N) is 1. The van der Waals surface area contributed by atoms with E-state index in [-0.39, 0.29) is 17.2 Å². The molecule has 1 aliphatic rings. The van der Waals surface area contributed by atoms with Crippen LogP contribution in [0, 0.1) is 0 Å². The first-order valence-corrected chi connectivity index (χ1v) is 7.58. The average molecular weight is 347 g/mol. The molecule has 1 amide bonds. The van der Waals surface area contributed by atoms with E-state index in [0.29, 0.717) is 26.3 Å². The lowest BCUT2D eigenvalue weighted by Gasteiger charge is -2.02. The smallest absolute Gasteiger partial charge is 0.339 e. The predicted molar refractivity (Wildman–Crippen MR) is 89.1 cm³/mol. The summed E-state index contributed by atoms with van der Waals surface area (Å²) in [5.41, 5.74) is 0.291. The number of hydrogen-bond donors (Lipinski definition) is 3. The summed E-state index contributed by atoms with van der Waals surface area (Å²) >= 11 is 6.05. The van der Waals surface area contributed by atoms with Crippen molar-refractivity contribution in [1.82, 2.24) is 5.32 Å². The zero-order chi connectivity index (χ0) is 16.6. The highest BCUT2D eigenvalue weighted by Gasteiger charge is 2.22. The molecule has 1 aromatic carbocycles. The van der Waals surface area contributed by atoms with Gasteiger partial charge in [0.25, 0.3) is 5.91 Å². The molecule has 3 N–H and O–H groups in total. The van der Waals surface area contributed by atoms with Crippen molar-refractivity contribution in [3.05, 3.63) is 46.6 Å². The first-order valence-electron chi connectivity index (χ1n) is 6.35. The van der Waals surface area contributed by atoms with E-state index in [1.54, 1.807) is 24.3 Å². The average Bonchev–Trinajstić information content (AvgIpc) is 3.06. The van der Waals surface area contributed by atoms with Gasteiger partial charge in [0.1, 0.15) is 27.2 Å². The van der Waals surface area contributed by atoms with Crippen molar-refractivity contribution in [3.63, 3.8) is 0 Å². The van der Waals surface area contributed by atoms with E-state index in [0.717, 1.165) is 11.8 Å². The fourth-order valence-electron chi connectivity index (χ4n) is 2.00. The van der Waals surface area contributed by atoms with Crippen LogP contribution in [0.15, 0.2) is 39.7 Å². The number of furan rings is 1. The minimum atomic E-state index is -1.23. The van der Waals surface area contributed by atoms with Crippen LogP contribution in [0.2, 0.25) is 0 Å². The molecule has 116 valence electrons. The summed E-state index contributed by atoms with van der Waals surface area (Å²) in [4.78, 5) is 23.1. The highest BCUT2D eigenvalue weighted by molar-refractivity contribution is 8.26. The monoisotopic (exact) mass is 347 g/mol. The van der Waals surface area contributed by atoms with Crippen molar-refractivity contribution in [2.45, 2.75) is 0 Å². The van der Waals surface area contributed by atoms with E-state index in [1.807, 2.05) is 0 Å². The largest absolute Gasteiger partial charge is 0.507 e. The highest BCUT2D eigenvalue weighted by Crippen LogP contribution is 2.30. The second kappa shape index (κ2) is 5.90. The van der Waals surface area contributed by atoms with E-state index >= 15 is 0 Å². The maximum absolute atomic E-state index is 11.6. The molecule has 3 rings (SSSR count). The molecule has 0 aliphatic carbocycles. The Hall–Kier alpha value is -2.58. The predicted octanol–water partition coefficient (Wildman–Crippen LogP) is 2.84. The van der Waals surface area contributed by atoms with Crippen LogP contribution in [-0.4, -0.2) is 26.4 Å². The third-order valence-corrected chi connectivity index (χ3v) is 4.22. The molecule has 0 saturated carbocycles. The van der Waals surface area contributed by atoms with Crippen molar-refractivity contribution in [2.75, 3.05) is 0 Å². The molecule has 0 unspecified atom stereocenters. The van der Waals surface area contributed by atoms with Gasteiger partial charge in [-0.1, -0.05) is 24.0 Å². The molecule has 1 aliphatic heterocycles. The van der Waals surface area contributed by atoms with Gasteiger partial charge in [0.2, 0.25) is 0 Å². The fourth-order valence-corrected chi connectivity index (χ4v) is 3.02. The second-order valence-corrected chi connectivity index (χ2v) is 6.31. The third-order valence-electron chi connectivity index (χ3n) is 3.05. The van der Waals surface area contributed by atoms with E-state index in [2.05, 4.69) is 5.32 Å². The van der Waals surface area contributed by atoms with Crippen LogP contribution in [0.1, 0.15) is 16.1 Å². The molecule has 1 fully saturated rings. The van der Waals surface area contributed by atoms with Gasteiger partial charge in [-0.3, -0.25) is 4.79 Å². The summed E-state index contributed by atoms with van der Waals surface area (Å²) in [6.07, 6.45) is 1.56. The van der Waals surface area contributed by atoms with Crippen LogP contribution >= 0.6 is 24.0 Å². The minimum Gasteiger partial charge on any atom is -0.507 e. The number of aromatic hydroxyl groups is 1. The first-order chi connectivity index (χ1) is 10.9. The van der Waals surface area contributed by atoms with Gasteiger partial charge < -0.3 is 19.9 Å². The lowest BCUT2D eigenvalue weighted by atomic mass is 10.1. The number of phenols is 1. The SMILES string of the molecule is O=C1NC(=S)SC1=Cc1ccc(-c2ccc(O)c(C(=O)O)c2)o1. The van der Waals surface area contributed by atoms with E-state index < -0.39 is 5.97 Å². The van der Waals surface area contributed by atoms with E-state index in [9.17, 15) is 14.7 Å². The summed E-state index contributed by atoms with van der Waals surface area (Å²) < 4.78 is 5.99. The molecule has 1 aromatic heterocycles. The second-order valence-electron chi connectivity index (χ2n) is 4.59. The van der Waals surface area contributed by atoms with Gasteiger partial charge in [0, 0.05) is 11.6 Å². The molecule has 8 heteroatoms. The number of rotatable bonds is 3. The van der Waals surface area contributed by atoms with Crippen LogP contribution in [0.5, 0.6) is 5.75 Å². The van der Waals surface area contributed by atoms with Gasteiger partial charge in [-0.2, -0.15) is 0 Å². The molecule has 2 heterocycles. The van der Waals surface area contributed by atoms with Crippen LogP contribution in [0.4, 0.5) is 0 Å². The third kappa shape index (κ3) is 3.13. The molecular weight excluding hydrogens is 338 g/mol. The number of benzene rings is 1. The minimum absolute atomic E-state index is 0.213. The Morgan fingerprint density at radius 1 is 1.30 bits per heavy atom. The zero-order valence-corrected chi connectivity index (χ0v) is 13.0. The van der Waals surface area contributed by atoms with Crippen LogP contribution in [0.25, 0.3) is 17.4 Å².